The van der Waals surface area contributed by atoms with E-state index in [0.29, 0.717) is 31.2 Å². The number of hydrogen-bond donors (Lipinski definition) is 1. The molecular weight excluding hydrogens is 290 g/mol. The monoisotopic (exact) mass is 311 g/mol. The van der Waals surface area contributed by atoms with E-state index < -0.39 is 0 Å². The number of carbonyl (C=O) groups is 1. The molecule has 0 heterocycles. The molecule has 0 amide bonds. The Morgan fingerprint density at radius 1 is 1.28 bits per heavy atom. The Bertz CT molecular complexity index is 373. The highest BCUT2D eigenvalue weighted by Gasteiger charge is 2.14. The first-order valence-electron chi connectivity index (χ1n) is 6.47. The maximum absolute atomic E-state index is 12.0. The van der Waals surface area contributed by atoms with Crippen LogP contribution in [0.5, 0.6) is 0 Å². The average molecular weight is 312 g/mol. The van der Waals surface area contributed by atoms with Gasteiger partial charge in [-0.15, -0.1) is 0 Å². The van der Waals surface area contributed by atoms with Crippen molar-refractivity contribution in [2.45, 2.75) is 33.1 Å². The van der Waals surface area contributed by atoms with E-state index in [1.165, 1.54) is 0 Å². The molecule has 0 fully saturated rings. The normalized spacial score (nSPS) is 12.7. The first-order valence-corrected chi connectivity index (χ1v) is 7.26. The summed E-state index contributed by atoms with van der Waals surface area (Å²) in [4.78, 5) is 12.0. The third-order valence-electron chi connectivity index (χ3n) is 2.97. The molecule has 0 aliphatic rings. The van der Waals surface area contributed by atoms with Crippen LogP contribution in [0.15, 0.2) is 28.7 Å². The fourth-order valence-electron chi connectivity index (χ4n) is 2.15. The predicted octanol–water partition coefficient (Wildman–Crippen LogP) is 3.57. The average Bonchev–Trinajstić information content (AvgIpc) is 2.30. The lowest BCUT2D eigenvalue weighted by molar-refractivity contribution is -0.119. The molecule has 0 aliphatic heterocycles. The van der Waals surface area contributed by atoms with Crippen LogP contribution in [-0.4, -0.2) is 12.3 Å². The zero-order valence-electron chi connectivity index (χ0n) is 11.2. The molecule has 0 aliphatic carbocycles. The summed E-state index contributed by atoms with van der Waals surface area (Å²) in [7, 11) is 0. The second-order valence-corrected chi connectivity index (χ2v) is 6.19. The van der Waals surface area contributed by atoms with Crippen molar-refractivity contribution < 1.29 is 4.79 Å². The first kappa shape index (κ1) is 15.4. The van der Waals surface area contributed by atoms with Crippen molar-refractivity contribution in [2.24, 2.45) is 17.6 Å². The molecule has 3 heteroatoms. The van der Waals surface area contributed by atoms with Crippen molar-refractivity contribution in [3.05, 3.63) is 34.3 Å². The number of benzene rings is 1. The summed E-state index contributed by atoms with van der Waals surface area (Å²) in [5.74, 6) is 1.21. The quantitative estimate of drug-likeness (QED) is 0.836. The number of carbonyl (C=O) groups excluding carboxylic acids is 1. The fourth-order valence-corrected chi connectivity index (χ4v) is 2.42. The van der Waals surface area contributed by atoms with Gasteiger partial charge in [-0.1, -0.05) is 41.9 Å². The van der Waals surface area contributed by atoms with Crippen molar-refractivity contribution in [1.29, 1.82) is 0 Å². The Kier molecular flexibility index (Phi) is 6.58. The van der Waals surface area contributed by atoms with E-state index >= 15 is 0 Å². The van der Waals surface area contributed by atoms with Gasteiger partial charge in [0.15, 0.2) is 0 Å². The molecule has 2 N–H and O–H groups in total. The molecule has 0 saturated carbocycles. The van der Waals surface area contributed by atoms with Crippen LogP contribution in [-0.2, 0) is 11.2 Å². The Balaban J connectivity index is 2.47. The lowest BCUT2D eigenvalue weighted by atomic mass is 9.91. The molecule has 1 aromatic rings. The Hall–Kier alpha value is -0.670. The summed E-state index contributed by atoms with van der Waals surface area (Å²) in [6.45, 7) is 4.94. The van der Waals surface area contributed by atoms with Crippen LogP contribution < -0.4 is 5.73 Å². The second kappa shape index (κ2) is 7.70. The Labute approximate surface area is 118 Å². The Morgan fingerprint density at radius 3 is 2.39 bits per heavy atom. The van der Waals surface area contributed by atoms with Gasteiger partial charge in [0.05, 0.1) is 0 Å². The molecule has 0 aromatic heterocycles. The van der Waals surface area contributed by atoms with Crippen LogP contribution in [0.2, 0.25) is 0 Å². The van der Waals surface area contributed by atoms with Crippen molar-refractivity contribution in [2.75, 3.05) is 6.54 Å². The molecule has 0 bridgehead atoms. The van der Waals surface area contributed by atoms with Gasteiger partial charge in [0.1, 0.15) is 5.78 Å². The molecule has 2 nitrogen and oxygen atoms in total. The van der Waals surface area contributed by atoms with Gasteiger partial charge >= 0.3 is 0 Å². The summed E-state index contributed by atoms with van der Waals surface area (Å²) < 4.78 is 1.04. The summed E-state index contributed by atoms with van der Waals surface area (Å²) in [6, 6.07) is 7.91. The number of ketones is 1. The lowest BCUT2D eigenvalue weighted by Crippen LogP contribution is -2.20. The van der Waals surface area contributed by atoms with Gasteiger partial charge in [-0.25, -0.2) is 0 Å². The van der Waals surface area contributed by atoms with Crippen molar-refractivity contribution >= 4 is 21.7 Å². The number of nitrogens with two attached hydrogens (primary N) is 1. The van der Waals surface area contributed by atoms with E-state index in [0.717, 1.165) is 16.5 Å². The summed E-state index contributed by atoms with van der Waals surface area (Å²) in [5.41, 5.74) is 6.80. The van der Waals surface area contributed by atoms with Crippen molar-refractivity contribution in [1.82, 2.24) is 0 Å². The van der Waals surface area contributed by atoms with Crippen LogP contribution in [0.3, 0.4) is 0 Å². The third kappa shape index (κ3) is 5.78. The molecule has 0 saturated heterocycles. The van der Waals surface area contributed by atoms with E-state index in [9.17, 15) is 4.79 Å². The minimum Gasteiger partial charge on any atom is -0.330 e. The topological polar surface area (TPSA) is 43.1 Å². The van der Waals surface area contributed by atoms with Crippen LogP contribution in [0.4, 0.5) is 0 Å². The molecule has 0 radical (unpaired) electrons. The van der Waals surface area contributed by atoms with Gasteiger partial charge in [0.2, 0.25) is 0 Å². The molecule has 1 aromatic carbocycles. The zero-order chi connectivity index (χ0) is 13.5. The van der Waals surface area contributed by atoms with Gasteiger partial charge in [0, 0.05) is 17.3 Å². The molecule has 100 valence electrons. The molecule has 1 atom stereocenters. The standard InChI is InChI=1S/C15H22BrNO/c1-11(2)7-13(10-17)9-15(18)8-12-3-5-14(16)6-4-12/h3-6,11,13H,7-10,17H2,1-2H3. The number of Topliss-reactive ketones (excluding diaryl/α,β-unsaturated/α-hetero) is 1. The highest BCUT2D eigenvalue weighted by molar-refractivity contribution is 9.10. The molecule has 0 spiro atoms. The van der Waals surface area contributed by atoms with E-state index in [1.807, 2.05) is 24.3 Å². The van der Waals surface area contributed by atoms with Crippen LogP contribution in [0, 0.1) is 11.8 Å². The highest BCUT2D eigenvalue weighted by Crippen LogP contribution is 2.17. The van der Waals surface area contributed by atoms with Crippen LogP contribution in [0.1, 0.15) is 32.3 Å². The third-order valence-corrected chi connectivity index (χ3v) is 3.50. The zero-order valence-corrected chi connectivity index (χ0v) is 12.7. The molecule has 1 unspecified atom stereocenters. The van der Waals surface area contributed by atoms with E-state index in [1.54, 1.807) is 0 Å². The van der Waals surface area contributed by atoms with Gasteiger partial charge in [-0.3, -0.25) is 4.79 Å². The number of rotatable bonds is 7. The van der Waals surface area contributed by atoms with Gasteiger partial charge in [-0.2, -0.15) is 0 Å². The van der Waals surface area contributed by atoms with Crippen molar-refractivity contribution in [3.63, 3.8) is 0 Å². The van der Waals surface area contributed by atoms with Gasteiger partial charge in [0.25, 0.3) is 0 Å². The van der Waals surface area contributed by atoms with Crippen molar-refractivity contribution in [3.8, 4) is 0 Å². The van der Waals surface area contributed by atoms with E-state index in [2.05, 4.69) is 29.8 Å². The minimum atomic E-state index is 0.286. The highest BCUT2D eigenvalue weighted by atomic mass is 79.9. The second-order valence-electron chi connectivity index (χ2n) is 5.28. The molecule has 1 rings (SSSR count). The van der Waals surface area contributed by atoms with Gasteiger partial charge in [-0.05, 0) is 42.5 Å². The molecular formula is C15H22BrNO. The molecule has 18 heavy (non-hydrogen) atoms. The maximum atomic E-state index is 12.0. The smallest absolute Gasteiger partial charge is 0.137 e. The maximum Gasteiger partial charge on any atom is 0.137 e. The Morgan fingerprint density at radius 2 is 1.89 bits per heavy atom. The van der Waals surface area contributed by atoms with Gasteiger partial charge < -0.3 is 5.73 Å². The van der Waals surface area contributed by atoms with Crippen LogP contribution >= 0.6 is 15.9 Å². The number of hydrogen-bond acceptors (Lipinski definition) is 2. The minimum absolute atomic E-state index is 0.286. The van der Waals surface area contributed by atoms with Crippen LogP contribution in [0.25, 0.3) is 0 Å². The summed E-state index contributed by atoms with van der Waals surface area (Å²) in [5, 5.41) is 0. The number of halogens is 1. The largest absolute Gasteiger partial charge is 0.330 e. The first-order chi connectivity index (χ1) is 8.51. The van der Waals surface area contributed by atoms with E-state index in [4.69, 9.17) is 5.73 Å². The summed E-state index contributed by atoms with van der Waals surface area (Å²) >= 11 is 3.39. The fraction of sp³-hybridized carbons (Fsp3) is 0.533. The van der Waals surface area contributed by atoms with E-state index in [-0.39, 0.29) is 5.78 Å². The SMILES string of the molecule is CC(C)CC(CN)CC(=O)Cc1ccc(Br)cc1. The summed E-state index contributed by atoms with van der Waals surface area (Å²) in [6.07, 6.45) is 2.15. The lowest BCUT2D eigenvalue weighted by Gasteiger charge is -2.16. The predicted molar refractivity (Wildman–Crippen MR) is 79.5 cm³/mol.